The topological polar surface area (TPSA) is 81.0 Å². The molecule has 6 nitrogen and oxygen atoms in total. The van der Waals surface area contributed by atoms with Crippen molar-refractivity contribution in [1.29, 1.82) is 0 Å². The molecule has 0 spiro atoms. The van der Waals surface area contributed by atoms with Crippen LogP contribution in [-0.2, 0) is 0 Å². The Labute approximate surface area is 102 Å². The van der Waals surface area contributed by atoms with Gasteiger partial charge in [0.05, 0.1) is 4.92 Å². The summed E-state index contributed by atoms with van der Waals surface area (Å²) in [6.45, 7) is 1.91. The number of nitrogens with one attached hydrogen (secondary N) is 1. The summed E-state index contributed by atoms with van der Waals surface area (Å²) in [6.07, 6.45) is 1.23. The first kappa shape index (κ1) is 11.5. The molecular formula is C10H10N4O2S. The van der Waals surface area contributed by atoms with Crippen molar-refractivity contribution in [1.82, 2.24) is 9.97 Å². The van der Waals surface area contributed by atoms with Crippen LogP contribution < -0.4 is 5.32 Å². The Kier molecular flexibility index (Phi) is 3.01. The number of nitrogens with zero attached hydrogens (tertiary/aromatic N) is 3. The van der Waals surface area contributed by atoms with Crippen LogP contribution in [0.15, 0.2) is 17.6 Å². The van der Waals surface area contributed by atoms with E-state index in [4.69, 9.17) is 0 Å². The molecule has 0 saturated heterocycles. The minimum atomic E-state index is -0.466. The van der Waals surface area contributed by atoms with Crippen molar-refractivity contribution in [2.75, 3.05) is 12.4 Å². The average Bonchev–Trinajstić information content (AvgIpc) is 2.74. The molecule has 2 heterocycles. The quantitative estimate of drug-likeness (QED) is 0.668. The first-order chi connectivity index (χ1) is 8.13. The second-order valence-electron chi connectivity index (χ2n) is 3.33. The van der Waals surface area contributed by atoms with Gasteiger partial charge in [-0.3, -0.25) is 10.1 Å². The Bertz CT molecular complexity index is 567. The van der Waals surface area contributed by atoms with E-state index in [-0.39, 0.29) is 5.69 Å². The lowest BCUT2D eigenvalue weighted by Crippen LogP contribution is -2.01. The van der Waals surface area contributed by atoms with Gasteiger partial charge in [-0.25, -0.2) is 9.97 Å². The van der Waals surface area contributed by atoms with Crippen LogP contribution in [0.4, 0.5) is 11.6 Å². The first-order valence-electron chi connectivity index (χ1n) is 4.87. The zero-order valence-electron chi connectivity index (χ0n) is 9.30. The number of rotatable bonds is 3. The average molecular weight is 250 g/mol. The molecule has 0 aliphatic carbocycles. The van der Waals surface area contributed by atoms with Crippen molar-refractivity contribution in [3.05, 3.63) is 32.6 Å². The summed E-state index contributed by atoms with van der Waals surface area (Å²) in [5, 5.41) is 15.6. The fourth-order valence-corrected chi connectivity index (χ4v) is 2.16. The van der Waals surface area contributed by atoms with E-state index in [1.54, 1.807) is 7.05 Å². The molecule has 0 unspecified atom stereocenters. The molecule has 0 aromatic carbocycles. The second kappa shape index (κ2) is 4.46. The number of hydrogen-bond donors (Lipinski definition) is 1. The zero-order chi connectivity index (χ0) is 12.4. The first-order valence-corrected chi connectivity index (χ1v) is 5.75. The van der Waals surface area contributed by atoms with Crippen LogP contribution in [-0.4, -0.2) is 21.9 Å². The van der Waals surface area contributed by atoms with Crippen molar-refractivity contribution in [2.24, 2.45) is 0 Å². The van der Waals surface area contributed by atoms with Gasteiger partial charge in [0.25, 0.3) is 0 Å². The SMILES string of the molecule is CNc1ncc([N+](=O)[O-])c(-c2ccsc2C)n1. The molecule has 2 rings (SSSR count). The molecule has 0 amide bonds. The predicted octanol–water partition coefficient (Wildman–Crippen LogP) is 2.46. The van der Waals surface area contributed by atoms with Crippen LogP contribution in [0.1, 0.15) is 4.88 Å². The Morgan fingerprint density at radius 2 is 2.29 bits per heavy atom. The Hall–Kier alpha value is -2.02. The van der Waals surface area contributed by atoms with E-state index in [1.165, 1.54) is 17.5 Å². The summed E-state index contributed by atoms with van der Waals surface area (Å²) in [6, 6.07) is 1.83. The van der Waals surface area contributed by atoms with E-state index in [1.807, 2.05) is 18.4 Å². The lowest BCUT2D eigenvalue weighted by molar-refractivity contribution is -0.384. The normalized spacial score (nSPS) is 10.2. The van der Waals surface area contributed by atoms with Gasteiger partial charge in [0.2, 0.25) is 5.95 Å². The summed E-state index contributed by atoms with van der Waals surface area (Å²) in [7, 11) is 1.67. The van der Waals surface area contributed by atoms with Crippen LogP contribution in [0.2, 0.25) is 0 Å². The van der Waals surface area contributed by atoms with Gasteiger partial charge >= 0.3 is 5.69 Å². The van der Waals surface area contributed by atoms with Crippen molar-refractivity contribution >= 4 is 23.0 Å². The Morgan fingerprint density at radius 1 is 1.53 bits per heavy atom. The van der Waals surface area contributed by atoms with E-state index >= 15 is 0 Å². The molecule has 17 heavy (non-hydrogen) atoms. The molecule has 7 heteroatoms. The van der Waals surface area contributed by atoms with Crippen molar-refractivity contribution in [3.63, 3.8) is 0 Å². The number of thiophene rings is 1. The number of hydrogen-bond acceptors (Lipinski definition) is 6. The molecule has 0 fully saturated rings. The van der Waals surface area contributed by atoms with E-state index < -0.39 is 4.92 Å². The van der Waals surface area contributed by atoms with Crippen molar-refractivity contribution in [2.45, 2.75) is 6.92 Å². The number of aryl methyl sites for hydroxylation is 1. The molecular weight excluding hydrogens is 240 g/mol. The zero-order valence-corrected chi connectivity index (χ0v) is 10.1. The lowest BCUT2D eigenvalue weighted by Gasteiger charge is -2.03. The predicted molar refractivity (Wildman–Crippen MR) is 66.3 cm³/mol. The smallest absolute Gasteiger partial charge is 0.313 e. The van der Waals surface area contributed by atoms with E-state index in [0.29, 0.717) is 11.6 Å². The number of aromatic nitrogens is 2. The Morgan fingerprint density at radius 3 is 2.82 bits per heavy atom. The lowest BCUT2D eigenvalue weighted by atomic mass is 10.1. The third-order valence-corrected chi connectivity index (χ3v) is 3.15. The monoisotopic (exact) mass is 250 g/mol. The molecule has 88 valence electrons. The van der Waals surface area contributed by atoms with Gasteiger partial charge in [0.15, 0.2) is 5.69 Å². The molecule has 0 aliphatic heterocycles. The summed E-state index contributed by atoms with van der Waals surface area (Å²) in [5.74, 6) is 0.371. The van der Waals surface area contributed by atoms with Gasteiger partial charge < -0.3 is 5.32 Å². The highest BCUT2D eigenvalue weighted by Gasteiger charge is 2.20. The van der Waals surface area contributed by atoms with Crippen molar-refractivity contribution in [3.8, 4) is 11.3 Å². The molecule has 1 N–H and O–H groups in total. The van der Waals surface area contributed by atoms with Crippen LogP contribution in [0, 0.1) is 17.0 Å². The van der Waals surface area contributed by atoms with E-state index in [0.717, 1.165) is 10.4 Å². The minimum absolute atomic E-state index is 0.0782. The molecule has 2 aromatic rings. The van der Waals surface area contributed by atoms with Gasteiger partial charge in [-0.1, -0.05) is 0 Å². The summed E-state index contributed by atoms with van der Waals surface area (Å²) < 4.78 is 0. The van der Waals surface area contributed by atoms with Crippen LogP contribution in [0.5, 0.6) is 0 Å². The number of nitro groups is 1. The van der Waals surface area contributed by atoms with Gasteiger partial charge in [-0.2, -0.15) is 0 Å². The highest BCUT2D eigenvalue weighted by atomic mass is 32.1. The maximum absolute atomic E-state index is 10.9. The fraction of sp³-hybridized carbons (Fsp3) is 0.200. The highest BCUT2D eigenvalue weighted by molar-refractivity contribution is 7.10. The van der Waals surface area contributed by atoms with E-state index in [2.05, 4.69) is 15.3 Å². The molecule has 0 atom stereocenters. The largest absolute Gasteiger partial charge is 0.357 e. The molecule has 0 bridgehead atoms. The maximum Gasteiger partial charge on any atom is 0.313 e. The fourth-order valence-electron chi connectivity index (χ4n) is 1.46. The molecule has 0 saturated carbocycles. The third-order valence-electron chi connectivity index (χ3n) is 2.30. The third kappa shape index (κ3) is 2.09. The van der Waals surface area contributed by atoms with Crippen molar-refractivity contribution < 1.29 is 4.92 Å². The van der Waals surface area contributed by atoms with Crippen LogP contribution in [0.3, 0.4) is 0 Å². The van der Waals surface area contributed by atoms with Gasteiger partial charge in [-0.15, -0.1) is 11.3 Å². The molecule has 0 radical (unpaired) electrons. The summed E-state index contributed by atoms with van der Waals surface area (Å²) in [5.41, 5.74) is 1.05. The summed E-state index contributed by atoms with van der Waals surface area (Å²) in [4.78, 5) is 19.5. The molecule has 0 aliphatic rings. The Balaban J connectivity index is 2.65. The number of anilines is 1. The van der Waals surface area contributed by atoms with Crippen LogP contribution in [0.25, 0.3) is 11.3 Å². The van der Waals surface area contributed by atoms with Gasteiger partial charge in [-0.05, 0) is 18.4 Å². The highest BCUT2D eigenvalue weighted by Crippen LogP contribution is 2.32. The molecule has 2 aromatic heterocycles. The van der Waals surface area contributed by atoms with E-state index in [9.17, 15) is 10.1 Å². The standard InChI is InChI=1S/C10H10N4O2S/c1-6-7(3-4-17-6)9-8(14(15)16)5-12-10(11-2)13-9/h3-5H,1-2H3,(H,11,12,13). The van der Waals surface area contributed by atoms with Gasteiger partial charge in [0.1, 0.15) is 6.20 Å². The maximum atomic E-state index is 10.9. The van der Waals surface area contributed by atoms with Gasteiger partial charge in [0, 0.05) is 17.5 Å². The summed E-state index contributed by atoms with van der Waals surface area (Å²) >= 11 is 1.53. The van der Waals surface area contributed by atoms with Crippen LogP contribution >= 0.6 is 11.3 Å². The minimum Gasteiger partial charge on any atom is -0.357 e. The second-order valence-corrected chi connectivity index (χ2v) is 4.45.